The topological polar surface area (TPSA) is 30.0 Å². The van der Waals surface area contributed by atoms with Crippen LogP contribution in [-0.2, 0) is 0 Å². The Morgan fingerprint density at radius 3 is 2.57 bits per heavy atom. The van der Waals surface area contributed by atoms with E-state index >= 15 is 0 Å². The number of para-hydroxylation sites is 1. The summed E-state index contributed by atoms with van der Waals surface area (Å²) in [6.07, 6.45) is 1.54. The maximum atomic E-state index is 13.9. The largest absolute Gasteiger partial charge is 0.288 e. The average molecular weight is 304 g/mol. The number of pyridine rings is 1. The summed E-state index contributed by atoms with van der Waals surface area (Å²) >= 11 is 5.49. The van der Waals surface area contributed by atoms with E-state index in [0.29, 0.717) is 5.52 Å². The fourth-order valence-electron chi connectivity index (χ4n) is 2.13. The van der Waals surface area contributed by atoms with E-state index in [2.05, 4.69) is 4.98 Å². The van der Waals surface area contributed by atoms with Gasteiger partial charge in [-0.3, -0.25) is 9.78 Å². The smallest absolute Gasteiger partial charge is 0.198 e. The molecule has 0 fully saturated rings. The zero-order valence-corrected chi connectivity index (χ0v) is 11.4. The second-order valence-corrected chi connectivity index (χ2v) is 4.86. The molecule has 0 saturated heterocycles. The van der Waals surface area contributed by atoms with Crippen LogP contribution in [-0.4, -0.2) is 10.8 Å². The molecule has 2 aromatic carbocycles. The Bertz CT molecular complexity index is 859. The Morgan fingerprint density at radius 2 is 1.76 bits per heavy atom. The van der Waals surface area contributed by atoms with Crippen LogP contribution in [0, 0.1) is 11.6 Å². The van der Waals surface area contributed by atoms with Crippen LogP contribution in [0.3, 0.4) is 0 Å². The molecule has 1 aromatic heterocycles. The highest BCUT2D eigenvalue weighted by Gasteiger charge is 2.19. The molecule has 5 heteroatoms. The summed E-state index contributed by atoms with van der Waals surface area (Å²) in [4.78, 5) is 16.6. The van der Waals surface area contributed by atoms with Gasteiger partial charge in [0.05, 0.1) is 16.1 Å². The summed E-state index contributed by atoms with van der Waals surface area (Å²) in [6, 6.07) is 10.1. The first-order valence-electron chi connectivity index (χ1n) is 6.11. The van der Waals surface area contributed by atoms with Gasteiger partial charge in [0.1, 0.15) is 11.6 Å². The second-order valence-electron chi connectivity index (χ2n) is 4.46. The van der Waals surface area contributed by atoms with E-state index in [4.69, 9.17) is 11.6 Å². The molecule has 3 rings (SSSR count). The fraction of sp³-hybridized carbons (Fsp3) is 0. The number of nitrogens with zero attached hydrogens (tertiary/aromatic N) is 1. The van der Waals surface area contributed by atoms with E-state index < -0.39 is 17.4 Å². The van der Waals surface area contributed by atoms with E-state index in [1.165, 1.54) is 12.3 Å². The number of carbonyl (C=O) groups is 1. The minimum atomic E-state index is -0.862. The maximum Gasteiger partial charge on any atom is 0.198 e. The van der Waals surface area contributed by atoms with Gasteiger partial charge in [0.2, 0.25) is 0 Å². The van der Waals surface area contributed by atoms with Gasteiger partial charge in [0.25, 0.3) is 0 Å². The van der Waals surface area contributed by atoms with Crippen LogP contribution in [0.15, 0.2) is 48.7 Å². The highest BCUT2D eigenvalue weighted by atomic mass is 35.5. The normalized spacial score (nSPS) is 10.8. The maximum absolute atomic E-state index is 13.9. The molecular formula is C16H8ClF2NO. The van der Waals surface area contributed by atoms with Gasteiger partial charge in [0.15, 0.2) is 5.78 Å². The third-order valence-corrected chi connectivity index (χ3v) is 3.42. The monoisotopic (exact) mass is 303 g/mol. The van der Waals surface area contributed by atoms with Gasteiger partial charge in [-0.25, -0.2) is 8.78 Å². The predicted molar refractivity (Wildman–Crippen MR) is 76.5 cm³/mol. The van der Waals surface area contributed by atoms with Crippen molar-refractivity contribution in [1.29, 1.82) is 0 Å². The van der Waals surface area contributed by atoms with Gasteiger partial charge < -0.3 is 0 Å². The first kappa shape index (κ1) is 13.6. The molecule has 21 heavy (non-hydrogen) atoms. The first-order valence-corrected chi connectivity index (χ1v) is 6.48. The van der Waals surface area contributed by atoms with Gasteiger partial charge in [0, 0.05) is 17.1 Å². The SMILES string of the molecule is O=C(c1cc(F)c(Cl)cc1F)c1cccc2cccnc12. The van der Waals surface area contributed by atoms with Crippen LogP contribution in [0.1, 0.15) is 15.9 Å². The molecule has 0 atom stereocenters. The van der Waals surface area contributed by atoms with Crippen molar-refractivity contribution in [3.63, 3.8) is 0 Å². The van der Waals surface area contributed by atoms with Crippen LogP contribution in [0.4, 0.5) is 8.78 Å². The standard InChI is InChI=1S/C16H8ClF2NO/c17-12-8-13(18)11(7-14(12)19)16(21)10-5-1-3-9-4-2-6-20-15(9)10/h1-8H. The molecule has 0 saturated carbocycles. The van der Waals surface area contributed by atoms with E-state index in [1.807, 2.05) is 0 Å². The molecule has 0 aliphatic carbocycles. The number of benzene rings is 2. The molecule has 2 nitrogen and oxygen atoms in total. The third-order valence-electron chi connectivity index (χ3n) is 3.13. The summed E-state index contributed by atoms with van der Waals surface area (Å²) in [5.74, 6) is -2.33. The summed E-state index contributed by atoms with van der Waals surface area (Å²) in [6.45, 7) is 0. The van der Waals surface area contributed by atoms with Crippen molar-refractivity contribution in [3.8, 4) is 0 Å². The zero-order valence-electron chi connectivity index (χ0n) is 10.6. The van der Waals surface area contributed by atoms with Crippen LogP contribution in [0.5, 0.6) is 0 Å². The average Bonchev–Trinajstić information content (AvgIpc) is 2.49. The van der Waals surface area contributed by atoms with Crippen molar-refractivity contribution in [1.82, 2.24) is 4.98 Å². The van der Waals surface area contributed by atoms with E-state index in [1.54, 1.807) is 24.3 Å². The lowest BCUT2D eigenvalue weighted by atomic mass is 10.00. The summed E-state index contributed by atoms with van der Waals surface area (Å²) in [7, 11) is 0. The molecule has 104 valence electrons. The van der Waals surface area contributed by atoms with Crippen molar-refractivity contribution < 1.29 is 13.6 Å². The minimum Gasteiger partial charge on any atom is -0.288 e. The Hall–Kier alpha value is -2.33. The van der Waals surface area contributed by atoms with Crippen molar-refractivity contribution in [2.75, 3.05) is 0 Å². The summed E-state index contributed by atoms with van der Waals surface area (Å²) in [5.41, 5.74) is 0.295. The fourth-order valence-corrected chi connectivity index (χ4v) is 2.28. The Labute approximate surface area is 124 Å². The Kier molecular flexibility index (Phi) is 3.39. The van der Waals surface area contributed by atoms with Gasteiger partial charge >= 0.3 is 0 Å². The molecule has 1 heterocycles. The van der Waals surface area contributed by atoms with Gasteiger partial charge in [-0.15, -0.1) is 0 Å². The highest BCUT2D eigenvalue weighted by molar-refractivity contribution is 6.31. The number of halogens is 3. The third kappa shape index (κ3) is 2.38. The Morgan fingerprint density at radius 1 is 1.00 bits per heavy atom. The number of hydrogen-bond acceptors (Lipinski definition) is 2. The molecular weight excluding hydrogens is 296 g/mol. The van der Waals surface area contributed by atoms with Crippen molar-refractivity contribution in [3.05, 3.63) is 76.4 Å². The lowest BCUT2D eigenvalue weighted by Crippen LogP contribution is -2.06. The number of rotatable bonds is 2. The molecule has 0 bridgehead atoms. The summed E-state index contributed by atoms with van der Waals surface area (Å²) in [5, 5.41) is 0.387. The zero-order chi connectivity index (χ0) is 15.0. The van der Waals surface area contributed by atoms with Gasteiger partial charge in [-0.05, 0) is 24.3 Å². The lowest BCUT2D eigenvalue weighted by molar-refractivity contribution is 0.103. The predicted octanol–water partition coefficient (Wildman–Crippen LogP) is 4.40. The van der Waals surface area contributed by atoms with E-state index in [0.717, 1.165) is 17.5 Å². The van der Waals surface area contributed by atoms with Crippen LogP contribution in [0.25, 0.3) is 10.9 Å². The number of fused-ring (bicyclic) bond motifs is 1. The lowest BCUT2D eigenvalue weighted by Gasteiger charge is -2.07. The highest BCUT2D eigenvalue weighted by Crippen LogP contribution is 2.24. The molecule has 0 spiro atoms. The van der Waals surface area contributed by atoms with Crippen molar-refractivity contribution >= 4 is 28.3 Å². The Balaban J connectivity index is 2.20. The molecule has 0 aliphatic rings. The molecule has 0 radical (unpaired) electrons. The number of ketones is 1. The van der Waals surface area contributed by atoms with Gasteiger partial charge in [-0.1, -0.05) is 29.8 Å². The van der Waals surface area contributed by atoms with Crippen molar-refractivity contribution in [2.45, 2.75) is 0 Å². The quantitative estimate of drug-likeness (QED) is 0.519. The van der Waals surface area contributed by atoms with E-state index in [-0.39, 0.29) is 16.1 Å². The number of hydrogen-bond donors (Lipinski definition) is 0. The molecule has 0 amide bonds. The molecule has 0 aliphatic heterocycles. The molecule has 0 unspecified atom stereocenters. The number of aromatic nitrogens is 1. The minimum absolute atomic E-state index is 0.216. The first-order chi connectivity index (χ1) is 10.1. The molecule has 3 aromatic rings. The molecule has 0 N–H and O–H groups in total. The van der Waals surface area contributed by atoms with Crippen molar-refractivity contribution in [2.24, 2.45) is 0 Å². The van der Waals surface area contributed by atoms with E-state index in [9.17, 15) is 13.6 Å². The van der Waals surface area contributed by atoms with Crippen LogP contribution >= 0.6 is 11.6 Å². The van der Waals surface area contributed by atoms with Crippen LogP contribution in [0.2, 0.25) is 5.02 Å². The second kappa shape index (κ2) is 5.22. The van der Waals surface area contributed by atoms with Gasteiger partial charge in [-0.2, -0.15) is 0 Å². The van der Waals surface area contributed by atoms with Crippen LogP contribution < -0.4 is 0 Å². The summed E-state index contributed by atoms with van der Waals surface area (Å²) < 4.78 is 27.4. The number of carbonyl (C=O) groups excluding carboxylic acids is 1.